The van der Waals surface area contributed by atoms with E-state index in [1.165, 1.54) is 29.2 Å². The Balaban J connectivity index is 2.09. The van der Waals surface area contributed by atoms with Gasteiger partial charge in [0.1, 0.15) is 18.4 Å². The summed E-state index contributed by atoms with van der Waals surface area (Å²) in [5, 5.41) is 2.94. The summed E-state index contributed by atoms with van der Waals surface area (Å²) in [6, 6.07) is 19.8. The maximum Gasteiger partial charge on any atom is 0.264 e. The molecule has 1 N–H and O–H groups in total. The van der Waals surface area contributed by atoms with Gasteiger partial charge in [-0.1, -0.05) is 62.4 Å². The first-order valence-electron chi connectivity index (χ1n) is 13.4. The van der Waals surface area contributed by atoms with Crippen molar-refractivity contribution in [3.8, 4) is 0 Å². The summed E-state index contributed by atoms with van der Waals surface area (Å²) in [7, 11) is -4.14. The third-order valence-electron chi connectivity index (χ3n) is 6.40. The average molecular weight is 568 g/mol. The molecule has 0 saturated heterocycles. The highest BCUT2D eigenvalue weighted by Gasteiger charge is 2.35. The summed E-state index contributed by atoms with van der Waals surface area (Å²) in [5.74, 6) is -1.32. The van der Waals surface area contributed by atoms with Crippen molar-refractivity contribution in [2.45, 2.75) is 70.5 Å². The lowest BCUT2D eigenvalue weighted by Crippen LogP contribution is -2.55. The number of para-hydroxylation sites is 1. The summed E-state index contributed by atoms with van der Waals surface area (Å²) in [5.41, 5.74) is 1.23. The van der Waals surface area contributed by atoms with Gasteiger partial charge in [0.05, 0.1) is 10.6 Å². The van der Waals surface area contributed by atoms with Crippen LogP contribution in [-0.4, -0.2) is 43.3 Å². The van der Waals surface area contributed by atoms with Crippen LogP contribution in [0.4, 0.5) is 10.1 Å². The zero-order chi connectivity index (χ0) is 29.5. The number of hydrogen-bond acceptors (Lipinski definition) is 4. The second-order valence-corrected chi connectivity index (χ2v) is 12.5. The van der Waals surface area contributed by atoms with Gasteiger partial charge in [0.2, 0.25) is 11.8 Å². The molecule has 9 heteroatoms. The van der Waals surface area contributed by atoms with Crippen LogP contribution in [0, 0.1) is 5.82 Å². The normalized spacial score (nSPS) is 12.4. The number of carbonyl (C=O) groups is 2. The number of benzene rings is 3. The van der Waals surface area contributed by atoms with Crippen molar-refractivity contribution in [2.24, 2.45) is 0 Å². The highest BCUT2D eigenvalue weighted by atomic mass is 32.2. The standard InChI is InChI=1S/C31H38FN3O4S/c1-6-24-13-11-12-16-28(24)35(40(38,39)26-14-9-8-10-15-26)22-29(36)34(21-23-17-19-25(32)20-18-23)27(7-2)30(37)33-31(3,4)5/h8-20,27H,6-7,21-22H2,1-5H3,(H,33,37)/t27-/m0/s1. The smallest absolute Gasteiger partial charge is 0.264 e. The third-order valence-corrected chi connectivity index (χ3v) is 8.18. The molecule has 40 heavy (non-hydrogen) atoms. The van der Waals surface area contributed by atoms with Gasteiger partial charge in [-0.2, -0.15) is 0 Å². The fourth-order valence-electron chi connectivity index (χ4n) is 4.45. The van der Waals surface area contributed by atoms with Crippen molar-refractivity contribution in [3.05, 3.63) is 95.8 Å². The Labute approximate surface area is 237 Å². The van der Waals surface area contributed by atoms with Gasteiger partial charge in [-0.25, -0.2) is 12.8 Å². The molecule has 2 amide bonds. The quantitative estimate of drug-likeness (QED) is 0.341. The molecule has 0 heterocycles. The van der Waals surface area contributed by atoms with E-state index in [-0.39, 0.29) is 17.3 Å². The van der Waals surface area contributed by atoms with Crippen LogP contribution in [0.2, 0.25) is 0 Å². The number of amides is 2. The predicted molar refractivity (Wildman–Crippen MR) is 156 cm³/mol. The molecule has 3 rings (SSSR count). The van der Waals surface area contributed by atoms with Crippen molar-refractivity contribution in [1.82, 2.24) is 10.2 Å². The lowest BCUT2D eigenvalue weighted by molar-refractivity contribution is -0.141. The summed E-state index contributed by atoms with van der Waals surface area (Å²) >= 11 is 0. The molecule has 7 nitrogen and oxygen atoms in total. The Kier molecular flexibility index (Phi) is 10.1. The van der Waals surface area contributed by atoms with Crippen LogP contribution in [0.15, 0.2) is 83.8 Å². The molecule has 214 valence electrons. The van der Waals surface area contributed by atoms with Crippen LogP contribution in [0.1, 0.15) is 52.2 Å². The number of nitrogens with zero attached hydrogens (tertiary/aromatic N) is 2. The van der Waals surface area contributed by atoms with Gasteiger partial charge in [0.15, 0.2) is 0 Å². The van der Waals surface area contributed by atoms with E-state index in [2.05, 4.69) is 5.32 Å². The Bertz CT molecular complexity index is 1400. The molecular formula is C31H38FN3O4S. The SMILES string of the molecule is CCc1ccccc1N(CC(=O)N(Cc1ccc(F)cc1)[C@@H](CC)C(=O)NC(C)(C)C)S(=O)(=O)c1ccccc1. The first kappa shape index (κ1) is 30.8. The molecular weight excluding hydrogens is 529 g/mol. The van der Waals surface area contributed by atoms with Crippen LogP contribution in [-0.2, 0) is 32.6 Å². The van der Waals surface area contributed by atoms with Crippen LogP contribution in [0.25, 0.3) is 0 Å². The van der Waals surface area contributed by atoms with Crippen LogP contribution in [0.5, 0.6) is 0 Å². The highest BCUT2D eigenvalue weighted by molar-refractivity contribution is 7.92. The maximum atomic E-state index is 14.1. The molecule has 3 aromatic rings. The molecule has 0 aliphatic heterocycles. The van der Waals surface area contributed by atoms with Gasteiger partial charge in [0.25, 0.3) is 10.0 Å². The number of aryl methyl sites for hydroxylation is 1. The topological polar surface area (TPSA) is 86.8 Å². The number of rotatable bonds is 11. The third kappa shape index (κ3) is 7.69. The van der Waals surface area contributed by atoms with Gasteiger partial charge in [-0.05, 0) is 75.1 Å². The number of sulfonamides is 1. The lowest BCUT2D eigenvalue weighted by atomic mass is 10.1. The largest absolute Gasteiger partial charge is 0.350 e. The van der Waals surface area contributed by atoms with E-state index < -0.39 is 39.9 Å². The highest BCUT2D eigenvalue weighted by Crippen LogP contribution is 2.28. The summed E-state index contributed by atoms with van der Waals surface area (Å²) in [6.07, 6.45) is 0.849. The molecule has 0 spiro atoms. The fraction of sp³-hybridized carbons (Fsp3) is 0.355. The zero-order valence-corrected chi connectivity index (χ0v) is 24.5. The monoisotopic (exact) mass is 567 g/mol. The van der Waals surface area contributed by atoms with Crippen LogP contribution >= 0.6 is 0 Å². The first-order chi connectivity index (χ1) is 18.9. The summed E-state index contributed by atoms with van der Waals surface area (Å²) < 4.78 is 42.6. The Morgan fingerprint density at radius 3 is 2.08 bits per heavy atom. The summed E-state index contributed by atoms with van der Waals surface area (Å²) in [6.45, 7) is 8.73. The van der Waals surface area contributed by atoms with E-state index in [0.717, 1.165) is 9.87 Å². The van der Waals surface area contributed by atoms with E-state index in [1.807, 2.05) is 39.8 Å². The number of anilines is 1. The molecule has 1 atom stereocenters. The Hall–Kier alpha value is -3.72. The lowest BCUT2D eigenvalue weighted by Gasteiger charge is -2.35. The number of nitrogens with one attached hydrogen (secondary N) is 1. The van der Waals surface area contributed by atoms with Crippen molar-refractivity contribution in [3.63, 3.8) is 0 Å². The maximum absolute atomic E-state index is 14.1. The van der Waals surface area contributed by atoms with E-state index in [4.69, 9.17) is 0 Å². The van der Waals surface area contributed by atoms with E-state index >= 15 is 0 Å². The first-order valence-corrected chi connectivity index (χ1v) is 14.8. The Morgan fingerprint density at radius 1 is 0.900 bits per heavy atom. The number of carbonyl (C=O) groups excluding carboxylic acids is 2. The van der Waals surface area contributed by atoms with Gasteiger partial charge in [0, 0.05) is 12.1 Å². The second-order valence-electron chi connectivity index (χ2n) is 10.6. The minimum absolute atomic E-state index is 0.00380. The molecule has 0 radical (unpaired) electrons. The van der Waals surface area contributed by atoms with Gasteiger partial charge >= 0.3 is 0 Å². The molecule has 3 aromatic carbocycles. The second kappa shape index (κ2) is 13.1. The fourth-order valence-corrected chi connectivity index (χ4v) is 5.92. The van der Waals surface area contributed by atoms with Crippen molar-refractivity contribution < 1.29 is 22.4 Å². The van der Waals surface area contributed by atoms with Gasteiger partial charge in [-0.15, -0.1) is 0 Å². The van der Waals surface area contributed by atoms with Gasteiger partial charge in [-0.3, -0.25) is 13.9 Å². The Morgan fingerprint density at radius 2 is 1.50 bits per heavy atom. The molecule has 0 fully saturated rings. The van der Waals surface area contributed by atoms with Crippen molar-refractivity contribution in [2.75, 3.05) is 10.8 Å². The van der Waals surface area contributed by atoms with E-state index in [1.54, 1.807) is 49.4 Å². The molecule has 0 aromatic heterocycles. The molecule has 0 aliphatic carbocycles. The predicted octanol–water partition coefficient (Wildman–Crippen LogP) is 5.31. The molecule has 0 saturated carbocycles. The van der Waals surface area contributed by atoms with E-state index in [0.29, 0.717) is 24.1 Å². The summed E-state index contributed by atoms with van der Waals surface area (Å²) in [4.78, 5) is 28.9. The van der Waals surface area contributed by atoms with Crippen LogP contribution < -0.4 is 9.62 Å². The van der Waals surface area contributed by atoms with Crippen molar-refractivity contribution >= 4 is 27.5 Å². The minimum atomic E-state index is -4.14. The van der Waals surface area contributed by atoms with Crippen molar-refractivity contribution in [1.29, 1.82) is 0 Å². The zero-order valence-electron chi connectivity index (χ0n) is 23.7. The van der Waals surface area contributed by atoms with Crippen LogP contribution in [0.3, 0.4) is 0 Å². The molecule has 0 aliphatic rings. The van der Waals surface area contributed by atoms with E-state index in [9.17, 15) is 22.4 Å². The minimum Gasteiger partial charge on any atom is -0.350 e. The number of hydrogen-bond donors (Lipinski definition) is 1. The number of halogens is 1. The van der Waals surface area contributed by atoms with Gasteiger partial charge < -0.3 is 10.2 Å². The molecule has 0 unspecified atom stereocenters. The molecule has 0 bridgehead atoms. The average Bonchev–Trinajstić information content (AvgIpc) is 2.92.